The molecular weight excluding hydrogens is 240 g/mol. The van der Waals surface area contributed by atoms with Crippen molar-refractivity contribution >= 4 is 23.3 Å². The zero-order chi connectivity index (χ0) is 13.7. The molecule has 2 rings (SSSR count). The summed E-state index contributed by atoms with van der Waals surface area (Å²) in [6.07, 6.45) is 3.45. The molecule has 1 saturated heterocycles. The normalized spacial score (nSPS) is 14.8. The highest BCUT2D eigenvalue weighted by atomic mass is 15.3. The number of nitrogens with two attached hydrogens (primary N) is 1. The fraction of sp³-hybridized carbons (Fsp3) is 0.385. The number of hydrogen-bond acceptors (Lipinski definition) is 3. The van der Waals surface area contributed by atoms with E-state index in [2.05, 4.69) is 10.6 Å². The van der Waals surface area contributed by atoms with Crippen LogP contribution in [0.4, 0.5) is 11.4 Å². The van der Waals surface area contributed by atoms with Gasteiger partial charge in [0.15, 0.2) is 11.9 Å². The predicted octanol–water partition coefficient (Wildman–Crippen LogP) is 1.63. The van der Waals surface area contributed by atoms with Crippen LogP contribution < -0.4 is 16.4 Å². The Morgan fingerprint density at radius 1 is 1.16 bits per heavy atom. The Kier molecular flexibility index (Phi) is 4.22. The lowest BCUT2D eigenvalue weighted by Gasteiger charge is -2.29. The lowest BCUT2D eigenvalue weighted by molar-refractivity contribution is 0.334. The average molecular weight is 260 g/mol. The largest absolute Gasteiger partial charge is 0.399 e. The fourth-order valence-corrected chi connectivity index (χ4v) is 2.11. The number of piperidine rings is 1. The molecule has 0 amide bonds. The molecule has 0 radical (unpaired) electrons. The van der Waals surface area contributed by atoms with Crippen molar-refractivity contribution in [2.24, 2.45) is 0 Å². The van der Waals surface area contributed by atoms with Crippen molar-refractivity contribution in [3.8, 4) is 0 Å². The summed E-state index contributed by atoms with van der Waals surface area (Å²) < 4.78 is 0. The summed E-state index contributed by atoms with van der Waals surface area (Å²) in [5, 5.41) is 21.4. The maximum atomic E-state index is 7.93. The molecule has 1 aliphatic heterocycles. The first-order valence-corrected chi connectivity index (χ1v) is 6.47. The highest BCUT2D eigenvalue weighted by Crippen LogP contribution is 2.11. The van der Waals surface area contributed by atoms with Gasteiger partial charge in [0, 0.05) is 24.5 Å². The van der Waals surface area contributed by atoms with Crippen LogP contribution in [0.2, 0.25) is 0 Å². The first-order valence-electron chi connectivity index (χ1n) is 6.47. The van der Waals surface area contributed by atoms with E-state index in [4.69, 9.17) is 16.6 Å². The fourth-order valence-electron chi connectivity index (χ4n) is 2.11. The Labute approximate surface area is 113 Å². The molecule has 0 unspecified atom stereocenters. The van der Waals surface area contributed by atoms with Gasteiger partial charge in [0.25, 0.3) is 0 Å². The number of nitrogen functional groups attached to an aromatic ring is 1. The second kappa shape index (κ2) is 6.08. The third-order valence-corrected chi connectivity index (χ3v) is 3.07. The van der Waals surface area contributed by atoms with E-state index < -0.39 is 0 Å². The smallest absolute Gasteiger partial charge is 0.199 e. The average Bonchev–Trinajstić information content (AvgIpc) is 2.39. The van der Waals surface area contributed by atoms with Crippen LogP contribution in [0.25, 0.3) is 0 Å². The number of guanidine groups is 2. The standard InChI is InChI=1S/C13H20N6/c14-10-5-4-6-11(9-10)17-12(15)18-13(16)19-7-2-1-3-8-19/h4-6,9H,1-3,7-8,14H2,(H4,15,16,17,18). The molecule has 102 valence electrons. The monoisotopic (exact) mass is 260 g/mol. The number of nitrogens with zero attached hydrogens (tertiary/aromatic N) is 1. The SMILES string of the molecule is N=C(NC(=N)N1CCCCC1)Nc1cccc(N)c1. The molecule has 0 bridgehead atoms. The Morgan fingerprint density at radius 2 is 1.89 bits per heavy atom. The van der Waals surface area contributed by atoms with Crippen LogP contribution in [0.15, 0.2) is 24.3 Å². The number of likely N-dealkylation sites (tertiary alicyclic amines) is 1. The van der Waals surface area contributed by atoms with E-state index in [-0.39, 0.29) is 11.9 Å². The van der Waals surface area contributed by atoms with Crippen LogP contribution in [0, 0.1) is 10.8 Å². The topological polar surface area (TPSA) is 101 Å². The van der Waals surface area contributed by atoms with Crippen LogP contribution >= 0.6 is 0 Å². The summed E-state index contributed by atoms with van der Waals surface area (Å²) in [6, 6.07) is 7.19. The Balaban J connectivity index is 1.85. The van der Waals surface area contributed by atoms with Crippen LogP contribution in [-0.2, 0) is 0 Å². The van der Waals surface area contributed by atoms with Gasteiger partial charge in [0.1, 0.15) is 0 Å². The second-order valence-corrected chi connectivity index (χ2v) is 4.65. The molecule has 1 aromatic rings. The minimum absolute atomic E-state index is 0.0844. The summed E-state index contributed by atoms with van der Waals surface area (Å²) in [4.78, 5) is 1.96. The quantitative estimate of drug-likeness (QED) is 0.301. The molecule has 1 heterocycles. The van der Waals surface area contributed by atoms with Crippen molar-refractivity contribution in [2.45, 2.75) is 19.3 Å². The summed E-state index contributed by atoms with van der Waals surface area (Å²) in [6.45, 7) is 1.77. The van der Waals surface area contributed by atoms with Crippen molar-refractivity contribution in [1.82, 2.24) is 10.2 Å². The van der Waals surface area contributed by atoms with Gasteiger partial charge in [0.2, 0.25) is 0 Å². The molecule has 0 aliphatic carbocycles. The van der Waals surface area contributed by atoms with Crippen LogP contribution in [0.3, 0.4) is 0 Å². The summed E-state index contributed by atoms with van der Waals surface area (Å²) in [5.41, 5.74) is 7.05. The first kappa shape index (κ1) is 13.2. The highest BCUT2D eigenvalue weighted by molar-refractivity contribution is 6.02. The van der Waals surface area contributed by atoms with E-state index in [0.29, 0.717) is 5.69 Å². The van der Waals surface area contributed by atoms with Gasteiger partial charge in [-0.1, -0.05) is 6.07 Å². The molecule has 0 saturated carbocycles. The van der Waals surface area contributed by atoms with Crippen molar-refractivity contribution in [2.75, 3.05) is 24.1 Å². The number of rotatable bonds is 1. The van der Waals surface area contributed by atoms with E-state index in [1.54, 1.807) is 12.1 Å². The maximum absolute atomic E-state index is 7.93. The van der Waals surface area contributed by atoms with E-state index in [1.165, 1.54) is 6.42 Å². The molecule has 19 heavy (non-hydrogen) atoms. The van der Waals surface area contributed by atoms with E-state index in [1.807, 2.05) is 17.0 Å². The van der Waals surface area contributed by atoms with Crippen molar-refractivity contribution in [3.63, 3.8) is 0 Å². The third-order valence-electron chi connectivity index (χ3n) is 3.07. The lowest BCUT2D eigenvalue weighted by Crippen LogP contribution is -2.47. The molecule has 1 fully saturated rings. The number of benzene rings is 1. The number of hydrogen-bond donors (Lipinski definition) is 5. The minimum Gasteiger partial charge on any atom is -0.399 e. The van der Waals surface area contributed by atoms with Gasteiger partial charge in [-0.3, -0.25) is 16.1 Å². The second-order valence-electron chi connectivity index (χ2n) is 4.65. The van der Waals surface area contributed by atoms with Crippen molar-refractivity contribution < 1.29 is 0 Å². The molecule has 0 atom stereocenters. The molecule has 0 aromatic heterocycles. The molecule has 1 aliphatic rings. The lowest BCUT2D eigenvalue weighted by atomic mass is 10.1. The van der Waals surface area contributed by atoms with Gasteiger partial charge in [-0.15, -0.1) is 0 Å². The zero-order valence-corrected chi connectivity index (χ0v) is 10.9. The summed E-state index contributed by atoms with van der Waals surface area (Å²) in [5.74, 6) is 0.363. The predicted molar refractivity (Wildman–Crippen MR) is 78.5 cm³/mol. The zero-order valence-electron chi connectivity index (χ0n) is 10.9. The van der Waals surface area contributed by atoms with Gasteiger partial charge in [-0.25, -0.2) is 0 Å². The third kappa shape index (κ3) is 3.87. The first-order chi connectivity index (χ1) is 9.15. The van der Waals surface area contributed by atoms with E-state index in [9.17, 15) is 0 Å². The van der Waals surface area contributed by atoms with Gasteiger partial charge < -0.3 is 16.0 Å². The maximum Gasteiger partial charge on any atom is 0.199 e. The molecule has 0 spiro atoms. The summed E-state index contributed by atoms with van der Waals surface area (Å²) in [7, 11) is 0. The molecule has 6 nitrogen and oxygen atoms in total. The van der Waals surface area contributed by atoms with Gasteiger partial charge in [-0.05, 0) is 37.5 Å². The van der Waals surface area contributed by atoms with Crippen molar-refractivity contribution in [1.29, 1.82) is 10.8 Å². The van der Waals surface area contributed by atoms with E-state index >= 15 is 0 Å². The number of nitrogens with one attached hydrogen (secondary N) is 4. The molecular formula is C13H20N6. The molecule has 6 N–H and O–H groups in total. The van der Waals surface area contributed by atoms with Crippen LogP contribution in [0.5, 0.6) is 0 Å². The van der Waals surface area contributed by atoms with Gasteiger partial charge in [0.05, 0.1) is 0 Å². The molecule has 1 aromatic carbocycles. The minimum atomic E-state index is 0.0844. The number of anilines is 2. The van der Waals surface area contributed by atoms with Crippen LogP contribution in [0.1, 0.15) is 19.3 Å². The Hall–Kier alpha value is -2.24. The van der Waals surface area contributed by atoms with Crippen LogP contribution in [-0.4, -0.2) is 29.9 Å². The van der Waals surface area contributed by atoms with Gasteiger partial charge in [-0.2, -0.15) is 0 Å². The van der Waals surface area contributed by atoms with Gasteiger partial charge >= 0.3 is 0 Å². The molecule has 6 heteroatoms. The Morgan fingerprint density at radius 3 is 2.58 bits per heavy atom. The van der Waals surface area contributed by atoms with E-state index in [0.717, 1.165) is 31.6 Å². The highest BCUT2D eigenvalue weighted by Gasteiger charge is 2.14. The Bertz CT molecular complexity index is 464. The van der Waals surface area contributed by atoms with Crippen molar-refractivity contribution in [3.05, 3.63) is 24.3 Å². The summed E-state index contributed by atoms with van der Waals surface area (Å²) >= 11 is 0.